The van der Waals surface area contributed by atoms with E-state index in [1.165, 1.54) is 0 Å². The lowest BCUT2D eigenvalue weighted by Gasteiger charge is -2.25. The fraction of sp³-hybridized carbons (Fsp3) is 0.667. The van der Waals surface area contributed by atoms with Gasteiger partial charge in [0.15, 0.2) is 5.82 Å². The monoisotopic (exact) mass is 238 g/mol. The lowest BCUT2D eigenvalue weighted by Crippen LogP contribution is -2.30. The molecule has 17 heavy (non-hydrogen) atoms. The highest BCUT2D eigenvalue weighted by Gasteiger charge is 2.10. The van der Waals surface area contributed by atoms with Gasteiger partial charge in [0.1, 0.15) is 0 Å². The van der Waals surface area contributed by atoms with Gasteiger partial charge in [0.2, 0.25) is 5.88 Å². The van der Waals surface area contributed by atoms with Crippen molar-refractivity contribution in [2.24, 2.45) is 11.7 Å². The summed E-state index contributed by atoms with van der Waals surface area (Å²) >= 11 is 0. The highest BCUT2D eigenvalue weighted by Crippen LogP contribution is 2.15. The molecule has 0 aliphatic rings. The quantitative estimate of drug-likeness (QED) is 0.775. The summed E-state index contributed by atoms with van der Waals surface area (Å²) in [6, 6.07) is 0. The van der Waals surface area contributed by atoms with Gasteiger partial charge in [-0.3, -0.25) is 4.98 Å². The van der Waals surface area contributed by atoms with Gasteiger partial charge in [-0.2, -0.15) is 4.98 Å². The number of nitrogens with two attached hydrogens (primary N) is 1. The summed E-state index contributed by atoms with van der Waals surface area (Å²) in [7, 11) is 1.60. The standard InChI is InChI=1S/C12H22N4O/c1-10(2)9-16(6-4-5-13)11-7-14-8-12(15-11)17-3/h7-8,10H,4-6,9,13H2,1-3H3. The minimum Gasteiger partial charge on any atom is -0.480 e. The third kappa shape index (κ3) is 4.56. The van der Waals surface area contributed by atoms with Crippen LogP contribution in [0.1, 0.15) is 20.3 Å². The van der Waals surface area contributed by atoms with Crippen molar-refractivity contribution in [2.75, 3.05) is 31.6 Å². The van der Waals surface area contributed by atoms with Gasteiger partial charge < -0.3 is 15.4 Å². The zero-order valence-electron chi connectivity index (χ0n) is 10.9. The number of hydrogen-bond donors (Lipinski definition) is 1. The largest absolute Gasteiger partial charge is 0.480 e. The molecular formula is C12H22N4O. The van der Waals surface area contributed by atoms with Gasteiger partial charge in [0.05, 0.1) is 19.5 Å². The van der Waals surface area contributed by atoms with Gasteiger partial charge in [-0.15, -0.1) is 0 Å². The third-order valence-corrected chi connectivity index (χ3v) is 2.35. The normalized spacial score (nSPS) is 10.6. The molecule has 0 saturated carbocycles. The van der Waals surface area contributed by atoms with Gasteiger partial charge in [-0.25, -0.2) is 0 Å². The Kier molecular flexibility index (Phi) is 5.69. The van der Waals surface area contributed by atoms with Crippen molar-refractivity contribution in [3.05, 3.63) is 12.4 Å². The van der Waals surface area contributed by atoms with E-state index in [2.05, 4.69) is 28.7 Å². The number of nitrogens with zero attached hydrogens (tertiary/aromatic N) is 3. The van der Waals surface area contributed by atoms with Crippen molar-refractivity contribution < 1.29 is 4.74 Å². The molecule has 0 atom stereocenters. The van der Waals surface area contributed by atoms with Crippen LogP contribution < -0.4 is 15.4 Å². The second-order valence-electron chi connectivity index (χ2n) is 4.40. The maximum atomic E-state index is 5.55. The predicted molar refractivity (Wildman–Crippen MR) is 69.3 cm³/mol. The van der Waals surface area contributed by atoms with Crippen LogP contribution in [0.3, 0.4) is 0 Å². The third-order valence-electron chi connectivity index (χ3n) is 2.35. The van der Waals surface area contributed by atoms with Crippen LogP contribution in [0.25, 0.3) is 0 Å². The van der Waals surface area contributed by atoms with E-state index in [4.69, 9.17) is 10.5 Å². The molecule has 0 radical (unpaired) electrons. The van der Waals surface area contributed by atoms with E-state index < -0.39 is 0 Å². The maximum Gasteiger partial charge on any atom is 0.233 e. The molecule has 1 aromatic heterocycles. The Balaban J connectivity index is 2.78. The van der Waals surface area contributed by atoms with Crippen LogP contribution in [0.4, 0.5) is 5.82 Å². The fourth-order valence-electron chi connectivity index (χ4n) is 1.61. The molecule has 0 aromatic carbocycles. The van der Waals surface area contributed by atoms with Crippen molar-refractivity contribution in [3.8, 4) is 5.88 Å². The molecule has 0 spiro atoms. The van der Waals surface area contributed by atoms with Crippen molar-refractivity contribution >= 4 is 5.82 Å². The van der Waals surface area contributed by atoms with Gasteiger partial charge in [-0.1, -0.05) is 13.8 Å². The van der Waals surface area contributed by atoms with E-state index in [0.717, 1.165) is 25.3 Å². The summed E-state index contributed by atoms with van der Waals surface area (Å²) in [4.78, 5) is 10.7. The van der Waals surface area contributed by atoms with Gasteiger partial charge in [-0.05, 0) is 18.9 Å². The van der Waals surface area contributed by atoms with Gasteiger partial charge in [0.25, 0.3) is 0 Å². The van der Waals surface area contributed by atoms with Crippen molar-refractivity contribution in [1.82, 2.24) is 9.97 Å². The van der Waals surface area contributed by atoms with Crippen LogP contribution >= 0.6 is 0 Å². The average molecular weight is 238 g/mol. The Morgan fingerprint density at radius 1 is 1.41 bits per heavy atom. The van der Waals surface area contributed by atoms with Crippen LogP contribution in [-0.4, -0.2) is 36.7 Å². The Hall–Kier alpha value is -1.36. The van der Waals surface area contributed by atoms with E-state index in [-0.39, 0.29) is 0 Å². The molecule has 0 fully saturated rings. The summed E-state index contributed by atoms with van der Waals surface area (Å²) in [6.07, 6.45) is 4.33. The minimum atomic E-state index is 0.545. The van der Waals surface area contributed by atoms with E-state index in [9.17, 15) is 0 Å². The van der Waals surface area contributed by atoms with Crippen LogP contribution in [0.15, 0.2) is 12.4 Å². The zero-order chi connectivity index (χ0) is 12.7. The van der Waals surface area contributed by atoms with Gasteiger partial charge >= 0.3 is 0 Å². The summed E-state index contributed by atoms with van der Waals surface area (Å²) in [5.41, 5.74) is 5.55. The number of ether oxygens (including phenoxy) is 1. The maximum absolute atomic E-state index is 5.55. The van der Waals surface area contributed by atoms with Crippen molar-refractivity contribution in [3.63, 3.8) is 0 Å². The second kappa shape index (κ2) is 7.06. The first-order valence-corrected chi connectivity index (χ1v) is 5.98. The summed E-state index contributed by atoms with van der Waals surface area (Å²) in [5.74, 6) is 1.97. The Labute approximate surface area is 103 Å². The molecule has 5 nitrogen and oxygen atoms in total. The topological polar surface area (TPSA) is 64.3 Å². The molecule has 1 aromatic rings. The Bertz CT molecular complexity index is 330. The highest BCUT2D eigenvalue weighted by atomic mass is 16.5. The molecule has 0 amide bonds. The average Bonchev–Trinajstić information content (AvgIpc) is 2.34. The molecular weight excluding hydrogens is 216 g/mol. The SMILES string of the molecule is COc1cncc(N(CCCN)CC(C)C)n1. The fourth-order valence-corrected chi connectivity index (χ4v) is 1.61. The first-order valence-electron chi connectivity index (χ1n) is 5.98. The number of methoxy groups -OCH3 is 1. The van der Waals surface area contributed by atoms with E-state index in [1.54, 1.807) is 19.5 Å². The molecule has 5 heteroatoms. The molecule has 0 unspecified atom stereocenters. The van der Waals surface area contributed by atoms with Crippen LogP contribution in [0, 0.1) is 5.92 Å². The zero-order valence-corrected chi connectivity index (χ0v) is 10.9. The van der Waals surface area contributed by atoms with E-state index >= 15 is 0 Å². The van der Waals surface area contributed by atoms with Crippen LogP contribution in [0.5, 0.6) is 5.88 Å². The number of aromatic nitrogens is 2. The molecule has 0 bridgehead atoms. The highest BCUT2D eigenvalue weighted by molar-refractivity contribution is 5.37. The van der Waals surface area contributed by atoms with E-state index in [1.807, 2.05) is 0 Å². The summed E-state index contributed by atoms with van der Waals surface area (Å²) in [6.45, 7) is 6.90. The van der Waals surface area contributed by atoms with Crippen molar-refractivity contribution in [1.29, 1.82) is 0 Å². The first kappa shape index (κ1) is 13.7. The van der Waals surface area contributed by atoms with E-state index in [0.29, 0.717) is 18.3 Å². The number of rotatable bonds is 7. The first-order chi connectivity index (χ1) is 8.17. The Morgan fingerprint density at radius 3 is 2.76 bits per heavy atom. The summed E-state index contributed by atoms with van der Waals surface area (Å²) in [5, 5.41) is 0. The minimum absolute atomic E-state index is 0.545. The van der Waals surface area contributed by atoms with Gasteiger partial charge in [0, 0.05) is 13.1 Å². The lowest BCUT2D eigenvalue weighted by molar-refractivity contribution is 0.395. The predicted octanol–water partition coefficient (Wildman–Crippen LogP) is 1.30. The van der Waals surface area contributed by atoms with Crippen LogP contribution in [-0.2, 0) is 0 Å². The molecule has 1 heterocycles. The second-order valence-corrected chi connectivity index (χ2v) is 4.40. The number of hydrogen-bond acceptors (Lipinski definition) is 5. The van der Waals surface area contributed by atoms with Crippen LogP contribution in [0.2, 0.25) is 0 Å². The molecule has 0 saturated heterocycles. The smallest absolute Gasteiger partial charge is 0.233 e. The van der Waals surface area contributed by atoms with Crippen molar-refractivity contribution in [2.45, 2.75) is 20.3 Å². The molecule has 2 N–H and O–H groups in total. The molecule has 0 aliphatic heterocycles. The lowest BCUT2D eigenvalue weighted by atomic mass is 10.2. The molecule has 96 valence electrons. The number of anilines is 1. The molecule has 0 aliphatic carbocycles. The summed E-state index contributed by atoms with van der Waals surface area (Å²) < 4.78 is 5.09. The molecule has 1 rings (SSSR count). The Morgan fingerprint density at radius 2 is 2.18 bits per heavy atom.